The number of amides is 3. The maximum atomic E-state index is 12.3. The van der Waals surface area contributed by atoms with Crippen molar-refractivity contribution in [1.29, 1.82) is 0 Å². The number of fused-ring (bicyclic) bond motifs is 1. The summed E-state index contributed by atoms with van der Waals surface area (Å²) in [7, 11) is 0. The van der Waals surface area contributed by atoms with Crippen LogP contribution in [0.15, 0.2) is 42.5 Å². The molecule has 2 aromatic carbocycles. The summed E-state index contributed by atoms with van der Waals surface area (Å²) in [4.78, 5) is 35.4. The Hall–Kier alpha value is -3.15. The van der Waals surface area contributed by atoms with Gasteiger partial charge in [0.05, 0.1) is 17.7 Å². The zero-order chi connectivity index (χ0) is 16.4. The lowest BCUT2D eigenvalue weighted by molar-refractivity contribution is 0.0878. The van der Waals surface area contributed by atoms with Crippen LogP contribution in [-0.4, -0.2) is 24.3 Å². The Morgan fingerprint density at radius 3 is 2.65 bits per heavy atom. The van der Waals surface area contributed by atoms with Crippen LogP contribution in [0.25, 0.3) is 0 Å². The number of imide groups is 1. The van der Waals surface area contributed by atoms with Gasteiger partial charge in [-0.25, -0.2) is 0 Å². The Morgan fingerprint density at radius 2 is 1.87 bits per heavy atom. The number of rotatable bonds is 4. The Morgan fingerprint density at radius 1 is 1.09 bits per heavy atom. The topological polar surface area (TPSA) is 84.5 Å². The first-order chi connectivity index (χ1) is 11.1. The molecule has 6 heteroatoms. The summed E-state index contributed by atoms with van der Waals surface area (Å²) in [6.07, 6.45) is 0. The predicted octanol–water partition coefficient (Wildman–Crippen LogP) is 2.22. The molecule has 0 aliphatic carbocycles. The highest BCUT2D eigenvalue weighted by atomic mass is 16.5. The van der Waals surface area contributed by atoms with Crippen LogP contribution in [0.4, 0.5) is 5.69 Å². The first-order valence-electron chi connectivity index (χ1n) is 7.12. The van der Waals surface area contributed by atoms with Crippen LogP contribution in [0.1, 0.15) is 38.0 Å². The maximum Gasteiger partial charge on any atom is 0.259 e. The van der Waals surface area contributed by atoms with Crippen molar-refractivity contribution in [3.05, 3.63) is 59.2 Å². The van der Waals surface area contributed by atoms with Crippen molar-refractivity contribution < 1.29 is 19.1 Å². The average molecular weight is 310 g/mol. The van der Waals surface area contributed by atoms with E-state index in [2.05, 4.69) is 10.6 Å². The minimum absolute atomic E-state index is 0.260. The van der Waals surface area contributed by atoms with Gasteiger partial charge in [0.25, 0.3) is 17.7 Å². The van der Waals surface area contributed by atoms with E-state index in [-0.39, 0.29) is 11.5 Å². The van der Waals surface area contributed by atoms with Gasteiger partial charge < -0.3 is 10.1 Å². The highest BCUT2D eigenvalue weighted by Gasteiger charge is 2.26. The number of nitrogens with one attached hydrogen (secondary N) is 2. The zero-order valence-corrected chi connectivity index (χ0v) is 12.4. The molecule has 1 aliphatic rings. The third-order valence-corrected chi connectivity index (χ3v) is 3.40. The van der Waals surface area contributed by atoms with Crippen molar-refractivity contribution in [2.24, 2.45) is 0 Å². The lowest BCUT2D eigenvalue weighted by Crippen LogP contribution is -2.19. The quantitative estimate of drug-likeness (QED) is 0.848. The number of ether oxygens (including phenoxy) is 1. The van der Waals surface area contributed by atoms with Gasteiger partial charge in [-0.3, -0.25) is 19.7 Å². The van der Waals surface area contributed by atoms with Gasteiger partial charge in [0.15, 0.2) is 0 Å². The molecular formula is C17H14N2O4. The molecule has 2 N–H and O–H groups in total. The van der Waals surface area contributed by atoms with Crippen LogP contribution < -0.4 is 15.4 Å². The molecule has 0 saturated heterocycles. The van der Waals surface area contributed by atoms with E-state index >= 15 is 0 Å². The molecule has 6 nitrogen and oxygen atoms in total. The van der Waals surface area contributed by atoms with Gasteiger partial charge in [-0.2, -0.15) is 0 Å². The molecule has 1 aliphatic heterocycles. The van der Waals surface area contributed by atoms with Crippen LogP contribution in [0.3, 0.4) is 0 Å². The molecule has 0 saturated carbocycles. The van der Waals surface area contributed by atoms with Crippen LogP contribution in [0.5, 0.6) is 5.75 Å². The fraction of sp³-hybridized carbons (Fsp3) is 0.118. The molecule has 2 aromatic rings. The molecule has 0 atom stereocenters. The Bertz CT molecular complexity index is 814. The summed E-state index contributed by atoms with van der Waals surface area (Å²) in [5.74, 6) is -0.595. The summed E-state index contributed by atoms with van der Waals surface area (Å²) in [5.41, 5.74) is 1.46. The molecular weight excluding hydrogens is 296 g/mol. The number of carbonyl (C=O) groups is 3. The predicted molar refractivity (Wildman–Crippen MR) is 83.8 cm³/mol. The lowest BCUT2D eigenvalue weighted by Gasteiger charge is -2.08. The smallest absolute Gasteiger partial charge is 0.259 e. The van der Waals surface area contributed by atoms with Gasteiger partial charge in [0.1, 0.15) is 5.75 Å². The summed E-state index contributed by atoms with van der Waals surface area (Å²) in [6, 6.07) is 11.4. The Labute approximate surface area is 132 Å². The van der Waals surface area contributed by atoms with Crippen molar-refractivity contribution in [3.63, 3.8) is 0 Å². The molecule has 0 spiro atoms. The highest BCUT2D eigenvalue weighted by molar-refractivity contribution is 6.22. The van der Waals surface area contributed by atoms with Crippen molar-refractivity contribution >= 4 is 23.4 Å². The van der Waals surface area contributed by atoms with Gasteiger partial charge >= 0.3 is 0 Å². The van der Waals surface area contributed by atoms with Gasteiger partial charge in [-0.05, 0) is 43.3 Å². The van der Waals surface area contributed by atoms with Gasteiger partial charge in [-0.15, -0.1) is 0 Å². The number of benzene rings is 2. The molecule has 3 amide bonds. The maximum absolute atomic E-state index is 12.3. The minimum atomic E-state index is -0.459. The van der Waals surface area contributed by atoms with Gasteiger partial charge in [-0.1, -0.05) is 6.07 Å². The van der Waals surface area contributed by atoms with Gasteiger partial charge in [0, 0.05) is 11.3 Å². The molecule has 0 fully saturated rings. The second-order valence-corrected chi connectivity index (χ2v) is 4.96. The second kappa shape index (κ2) is 5.92. The number of hydrogen-bond acceptors (Lipinski definition) is 4. The van der Waals surface area contributed by atoms with E-state index in [1.165, 1.54) is 12.1 Å². The summed E-state index contributed by atoms with van der Waals surface area (Å²) < 4.78 is 5.36. The van der Waals surface area contributed by atoms with Crippen LogP contribution in [0, 0.1) is 0 Å². The SMILES string of the molecule is CCOc1cccc(C(=O)Nc2ccc3c(c2)C(=O)NC3=O)c1. The third kappa shape index (κ3) is 2.91. The molecule has 23 heavy (non-hydrogen) atoms. The van der Waals surface area contributed by atoms with Crippen LogP contribution >= 0.6 is 0 Å². The Balaban J connectivity index is 1.81. The van der Waals surface area contributed by atoms with E-state index in [4.69, 9.17) is 4.74 Å². The van der Waals surface area contributed by atoms with E-state index in [9.17, 15) is 14.4 Å². The Kier molecular flexibility index (Phi) is 3.80. The molecule has 0 aromatic heterocycles. The first kappa shape index (κ1) is 14.8. The average Bonchev–Trinajstić information content (AvgIpc) is 2.82. The molecule has 116 valence electrons. The number of carbonyl (C=O) groups excluding carboxylic acids is 3. The van der Waals surface area contributed by atoms with Crippen molar-refractivity contribution in [2.45, 2.75) is 6.92 Å². The standard InChI is InChI=1S/C17H14N2O4/c1-2-23-12-5-3-4-10(8-12)15(20)18-11-6-7-13-14(9-11)17(22)19-16(13)21/h3-9H,2H2,1H3,(H,18,20)(H,19,21,22). The number of anilines is 1. The normalized spacial score (nSPS) is 12.6. The van der Waals surface area contributed by atoms with E-state index in [1.54, 1.807) is 30.3 Å². The third-order valence-electron chi connectivity index (χ3n) is 3.40. The van der Waals surface area contributed by atoms with Crippen LogP contribution in [-0.2, 0) is 0 Å². The number of hydrogen-bond donors (Lipinski definition) is 2. The van der Waals surface area contributed by atoms with E-state index in [0.29, 0.717) is 29.2 Å². The summed E-state index contributed by atoms with van der Waals surface area (Å²) in [6.45, 7) is 2.38. The molecule has 0 radical (unpaired) electrons. The van der Waals surface area contributed by atoms with Crippen molar-refractivity contribution in [3.8, 4) is 5.75 Å². The van der Waals surface area contributed by atoms with Gasteiger partial charge in [0.2, 0.25) is 0 Å². The monoisotopic (exact) mass is 310 g/mol. The van der Waals surface area contributed by atoms with E-state index < -0.39 is 11.8 Å². The first-order valence-corrected chi connectivity index (χ1v) is 7.12. The molecule has 0 bridgehead atoms. The fourth-order valence-corrected chi connectivity index (χ4v) is 2.34. The molecule has 1 heterocycles. The highest BCUT2D eigenvalue weighted by Crippen LogP contribution is 2.21. The van der Waals surface area contributed by atoms with E-state index in [1.807, 2.05) is 6.92 Å². The molecule has 3 rings (SSSR count). The summed E-state index contributed by atoms with van der Waals surface area (Å²) in [5, 5.41) is 4.92. The summed E-state index contributed by atoms with van der Waals surface area (Å²) >= 11 is 0. The lowest BCUT2D eigenvalue weighted by atomic mass is 10.1. The van der Waals surface area contributed by atoms with Crippen molar-refractivity contribution in [2.75, 3.05) is 11.9 Å². The van der Waals surface area contributed by atoms with Crippen LogP contribution in [0.2, 0.25) is 0 Å². The fourth-order valence-electron chi connectivity index (χ4n) is 2.34. The van der Waals surface area contributed by atoms with Crippen molar-refractivity contribution in [1.82, 2.24) is 5.32 Å². The largest absolute Gasteiger partial charge is 0.494 e. The minimum Gasteiger partial charge on any atom is -0.494 e. The molecule has 0 unspecified atom stereocenters. The second-order valence-electron chi connectivity index (χ2n) is 4.96. The zero-order valence-electron chi connectivity index (χ0n) is 12.4. The van der Waals surface area contributed by atoms with E-state index in [0.717, 1.165) is 0 Å².